The zero-order chi connectivity index (χ0) is 11.1. The van der Waals surface area contributed by atoms with Crippen molar-refractivity contribution in [1.29, 1.82) is 0 Å². The number of nitrogens with two attached hydrogens (primary N) is 1. The third-order valence-electron chi connectivity index (χ3n) is 2.61. The number of thiophene rings is 1. The maximum atomic E-state index is 5.60. The Morgan fingerprint density at radius 1 is 1.44 bits per heavy atom. The number of halogens is 1. The van der Waals surface area contributed by atoms with Gasteiger partial charge >= 0.3 is 0 Å². The Balaban J connectivity index is 2.41. The van der Waals surface area contributed by atoms with E-state index in [9.17, 15) is 0 Å². The molecular formula is C11H10IN3S. The van der Waals surface area contributed by atoms with E-state index in [2.05, 4.69) is 45.9 Å². The van der Waals surface area contributed by atoms with Gasteiger partial charge in [0.2, 0.25) is 0 Å². The Hall–Kier alpha value is -0.660. The van der Waals surface area contributed by atoms with Crippen LogP contribution in [0.3, 0.4) is 0 Å². The Bertz CT molecular complexity index is 656. The molecule has 2 aromatic heterocycles. The molecule has 82 valence electrons. The first kappa shape index (κ1) is 10.5. The van der Waals surface area contributed by atoms with Gasteiger partial charge in [0.25, 0.3) is 0 Å². The fourth-order valence-corrected chi connectivity index (χ4v) is 3.77. The number of rotatable bonds is 2. The third-order valence-corrected chi connectivity index (χ3v) is 4.47. The van der Waals surface area contributed by atoms with Crippen molar-refractivity contribution in [3.05, 3.63) is 27.3 Å². The van der Waals surface area contributed by atoms with Crippen LogP contribution in [0.15, 0.2) is 24.4 Å². The predicted octanol–water partition coefficient (Wildman–Crippen LogP) is 2.81. The summed E-state index contributed by atoms with van der Waals surface area (Å²) in [5.41, 5.74) is 6.81. The summed E-state index contributed by atoms with van der Waals surface area (Å²) in [7, 11) is 0. The number of hydrogen-bond donors (Lipinski definition) is 1. The van der Waals surface area contributed by atoms with Gasteiger partial charge < -0.3 is 5.73 Å². The van der Waals surface area contributed by atoms with E-state index in [0.717, 1.165) is 6.54 Å². The van der Waals surface area contributed by atoms with Gasteiger partial charge in [-0.2, -0.15) is 5.10 Å². The molecule has 16 heavy (non-hydrogen) atoms. The molecule has 0 unspecified atom stereocenters. The lowest BCUT2D eigenvalue weighted by Gasteiger charge is -2.01. The highest BCUT2D eigenvalue weighted by Gasteiger charge is 2.09. The van der Waals surface area contributed by atoms with Crippen molar-refractivity contribution < 1.29 is 0 Å². The van der Waals surface area contributed by atoms with Crippen LogP contribution < -0.4 is 5.73 Å². The lowest BCUT2D eigenvalue weighted by molar-refractivity contribution is 0.647. The first-order valence-electron chi connectivity index (χ1n) is 5.03. The molecule has 0 atom stereocenters. The molecule has 0 aliphatic rings. The highest BCUT2D eigenvalue weighted by molar-refractivity contribution is 14.1. The molecule has 1 aromatic carbocycles. The first-order chi connectivity index (χ1) is 7.79. The molecule has 0 spiro atoms. The predicted molar refractivity (Wildman–Crippen MR) is 76.9 cm³/mol. The molecular weight excluding hydrogens is 333 g/mol. The van der Waals surface area contributed by atoms with Crippen LogP contribution in [0.2, 0.25) is 0 Å². The quantitative estimate of drug-likeness (QED) is 0.728. The molecule has 0 fully saturated rings. The van der Waals surface area contributed by atoms with Gasteiger partial charge in [-0.15, -0.1) is 11.3 Å². The Kier molecular flexibility index (Phi) is 2.61. The van der Waals surface area contributed by atoms with Gasteiger partial charge in [-0.05, 0) is 40.8 Å². The van der Waals surface area contributed by atoms with Crippen molar-refractivity contribution in [2.24, 2.45) is 5.73 Å². The van der Waals surface area contributed by atoms with E-state index < -0.39 is 0 Å². The smallest absolute Gasteiger partial charge is 0.0770 e. The average Bonchev–Trinajstić information content (AvgIpc) is 2.81. The average molecular weight is 343 g/mol. The number of aromatic nitrogens is 2. The number of nitrogens with zero attached hydrogens (tertiary/aromatic N) is 2. The zero-order valence-corrected chi connectivity index (χ0v) is 11.5. The molecule has 2 N–H and O–H groups in total. The van der Waals surface area contributed by atoms with Crippen molar-refractivity contribution in [3.8, 4) is 0 Å². The van der Waals surface area contributed by atoms with Crippen LogP contribution in [0.5, 0.6) is 0 Å². The van der Waals surface area contributed by atoms with E-state index in [1.807, 2.05) is 22.2 Å². The van der Waals surface area contributed by atoms with Gasteiger partial charge in [-0.25, -0.2) is 0 Å². The molecule has 3 rings (SSSR count). The summed E-state index contributed by atoms with van der Waals surface area (Å²) >= 11 is 4.17. The van der Waals surface area contributed by atoms with Crippen LogP contribution in [-0.2, 0) is 6.54 Å². The lowest BCUT2D eigenvalue weighted by Crippen LogP contribution is -2.10. The fraction of sp³-hybridized carbons (Fsp3) is 0.182. The summed E-state index contributed by atoms with van der Waals surface area (Å²) in [6.07, 6.45) is 1.91. The summed E-state index contributed by atoms with van der Waals surface area (Å²) in [5.74, 6) is 0. The van der Waals surface area contributed by atoms with E-state index in [1.165, 1.54) is 23.9 Å². The molecule has 0 saturated heterocycles. The van der Waals surface area contributed by atoms with Crippen molar-refractivity contribution >= 4 is 54.9 Å². The Labute approximate surface area is 110 Å². The third kappa shape index (κ3) is 1.54. The van der Waals surface area contributed by atoms with E-state index in [1.54, 1.807) is 0 Å². The van der Waals surface area contributed by atoms with Crippen LogP contribution in [0, 0.1) is 2.88 Å². The summed E-state index contributed by atoms with van der Waals surface area (Å²) in [4.78, 5) is 0. The minimum Gasteiger partial charge on any atom is -0.329 e. The molecule has 2 heterocycles. The number of hydrogen-bond acceptors (Lipinski definition) is 3. The van der Waals surface area contributed by atoms with Gasteiger partial charge in [-0.1, -0.05) is 0 Å². The molecule has 5 heteroatoms. The molecule has 0 bridgehead atoms. The second kappa shape index (κ2) is 3.97. The monoisotopic (exact) mass is 343 g/mol. The fourth-order valence-electron chi connectivity index (χ4n) is 1.96. The molecule has 0 aliphatic carbocycles. The molecule has 0 saturated carbocycles. The van der Waals surface area contributed by atoms with Crippen LogP contribution in [0.25, 0.3) is 21.0 Å². The van der Waals surface area contributed by atoms with Gasteiger partial charge in [0.15, 0.2) is 0 Å². The lowest BCUT2D eigenvalue weighted by atomic mass is 10.2. The minimum atomic E-state index is 0.619. The Morgan fingerprint density at radius 2 is 2.31 bits per heavy atom. The number of benzene rings is 1. The van der Waals surface area contributed by atoms with Gasteiger partial charge in [0.05, 0.1) is 21.1 Å². The highest BCUT2D eigenvalue weighted by atomic mass is 127. The van der Waals surface area contributed by atoms with Crippen molar-refractivity contribution in [1.82, 2.24) is 9.78 Å². The van der Waals surface area contributed by atoms with E-state index >= 15 is 0 Å². The van der Waals surface area contributed by atoms with Crippen LogP contribution in [-0.4, -0.2) is 16.3 Å². The summed E-state index contributed by atoms with van der Waals surface area (Å²) < 4.78 is 4.62. The molecule has 3 aromatic rings. The maximum absolute atomic E-state index is 5.60. The second-order valence-corrected chi connectivity index (χ2v) is 6.60. The standard InChI is InChI=1S/C11H10IN3S/c12-10-5-8-9(16-10)2-1-7-6-14-15(4-3-13)11(7)8/h1-2,5-6H,3-4,13H2. The van der Waals surface area contributed by atoms with Crippen molar-refractivity contribution in [3.63, 3.8) is 0 Å². The summed E-state index contributed by atoms with van der Waals surface area (Å²) in [6.45, 7) is 1.39. The first-order valence-corrected chi connectivity index (χ1v) is 6.93. The SMILES string of the molecule is NCCn1ncc2ccc3sc(I)cc3c21. The Morgan fingerprint density at radius 3 is 3.12 bits per heavy atom. The van der Waals surface area contributed by atoms with E-state index in [4.69, 9.17) is 5.73 Å². The normalized spacial score (nSPS) is 11.6. The second-order valence-electron chi connectivity index (χ2n) is 3.62. The molecule has 3 nitrogen and oxygen atoms in total. The van der Waals surface area contributed by atoms with Crippen molar-refractivity contribution in [2.45, 2.75) is 6.54 Å². The van der Waals surface area contributed by atoms with Crippen molar-refractivity contribution in [2.75, 3.05) is 6.54 Å². The van der Waals surface area contributed by atoms with Gasteiger partial charge in [0.1, 0.15) is 0 Å². The molecule has 0 amide bonds. The molecule has 0 aliphatic heterocycles. The molecule has 0 radical (unpaired) electrons. The van der Waals surface area contributed by atoms with E-state index in [0.29, 0.717) is 6.54 Å². The zero-order valence-electron chi connectivity index (χ0n) is 8.48. The highest BCUT2D eigenvalue weighted by Crippen LogP contribution is 2.32. The maximum Gasteiger partial charge on any atom is 0.0770 e. The van der Waals surface area contributed by atoms with Gasteiger partial charge in [-0.3, -0.25) is 4.68 Å². The topological polar surface area (TPSA) is 43.8 Å². The summed E-state index contributed by atoms with van der Waals surface area (Å²) in [5, 5.41) is 6.86. The van der Waals surface area contributed by atoms with E-state index in [-0.39, 0.29) is 0 Å². The van der Waals surface area contributed by atoms with Gasteiger partial charge in [0, 0.05) is 22.0 Å². The van der Waals surface area contributed by atoms with Crippen LogP contribution in [0.4, 0.5) is 0 Å². The van der Waals surface area contributed by atoms with Crippen LogP contribution in [0.1, 0.15) is 0 Å². The summed E-state index contributed by atoms with van der Waals surface area (Å²) in [6, 6.07) is 6.51. The largest absolute Gasteiger partial charge is 0.329 e. The minimum absolute atomic E-state index is 0.619. The number of fused-ring (bicyclic) bond motifs is 3. The van der Waals surface area contributed by atoms with Crippen LogP contribution >= 0.6 is 33.9 Å².